The van der Waals surface area contributed by atoms with Gasteiger partial charge in [0.25, 0.3) is 0 Å². The Kier molecular flexibility index (Phi) is 4.83. The van der Waals surface area contributed by atoms with Crippen molar-refractivity contribution in [2.75, 3.05) is 33.4 Å². The van der Waals surface area contributed by atoms with E-state index in [0.29, 0.717) is 6.04 Å². The quantitative estimate of drug-likeness (QED) is 0.733. The van der Waals surface area contributed by atoms with Gasteiger partial charge in [0.1, 0.15) is 0 Å². The third-order valence-electron chi connectivity index (χ3n) is 4.42. The molecule has 1 N–H and O–H groups in total. The van der Waals surface area contributed by atoms with Crippen LogP contribution in [0, 0.1) is 11.8 Å². The summed E-state index contributed by atoms with van der Waals surface area (Å²) >= 11 is 0. The summed E-state index contributed by atoms with van der Waals surface area (Å²) in [5, 5.41) is 3.65. The van der Waals surface area contributed by atoms with Crippen LogP contribution in [0.4, 0.5) is 0 Å². The molecule has 1 heterocycles. The molecule has 1 saturated heterocycles. The summed E-state index contributed by atoms with van der Waals surface area (Å²) in [6.45, 7) is 9.35. The highest BCUT2D eigenvalue weighted by Gasteiger charge is 2.29. The Labute approximate surface area is 106 Å². The zero-order valence-electron chi connectivity index (χ0n) is 11.6. The molecule has 0 spiro atoms. The lowest BCUT2D eigenvalue weighted by atomic mass is 10.0. The standard InChI is InChI=1S/C14H28N2O/c1-11(8-15-14-4-5-14)12(2)16-7-6-13(9-16)10-17-3/h11-15H,4-10H2,1-3H3. The first-order valence-corrected chi connectivity index (χ1v) is 7.17. The van der Waals surface area contributed by atoms with E-state index in [1.165, 1.54) is 38.9 Å². The molecule has 3 unspecified atom stereocenters. The number of hydrogen-bond acceptors (Lipinski definition) is 3. The molecule has 0 amide bonds. The molecule has 2 aliphatic rings. The molecule has 3 heteroatoms. The number of methoxy groups -OCH3 is 1. The van der Waals surface area contributed by atoms with E-state index in [4.69, 9.17) is 4.74 Å². The van der Waals surface area contributed by atoms with Crippen molar-refractivity contribution in [3.05, 3.63) is 0 Å². The van der Waals surface area contributed by atoms with Crippen molar-refractivity contribution in [1.29, 1.82) is 0 Å². The number of nitrogens with zero attached hydrogens (tertiary/aromatic N) is 1. The van der Waals surface area contributed by atoms with Crippen LogP contribution in [0.2, 0.25) is 0 Å². The van der Waals surface area contributed by atoms with Gasteiger partial charge in [-0.05, 0) is 51.1 Å². The number of nitrogens with one attached hydrogen (secondary N) is 1. The minimum atomic E-state index is 0.697. The first kappa shape index (κ1) is 13.3. The van der Waals surface area contributed by atoms with Crippen LogP contribution in [0.3, 0.4) is 0 Å². The van der Waals surface area contributed by atoms with Crippen molar-refractivity contribution in [3.8, 4) is 0 Å². The predicted molar refractivity (Wildman–Crippen MR) is 71.2 cm³/mol. The van der Waals surface area contributed by atoms with Crippen LogP contribution in [0.5, 0.6) is 0 Å². The largest absolute Gasteiger partial charge is 0.384 e. The molecule has 1 saturated carbocycles. The lowest BCUT2D eigenvalue weighted by Crippen LogP contribution is -2.40. The zero-order valence-corrected chi connectivity index (χ0v) is 11.6. The van der Waals surface area contributed by atoms with Crippen LogP contribution in [0.1, 0.15) is 33.1 Å². The van der Waals surface area contributed by atoms with Gasteiger partial charge in [-0.1, -0.05) is 6.92 Å². The fraction of sp³-hybridized carbons (Fsp3) is 1.00. The predicted octanol–water partition coefficient (Wildman–Crippen LogP) is 1.73. The Bertz CT molecular complexity index is 230. The fourth-order valence-corrected chi connectivity index (χ4v) is 2.77. The molecule has 3 atom stereocenters. The molecule has 0 bridgehead atoms. The normalized spacial score (nSPS) is 29.5. The van der Waals surface area contributed by atoms with E-state index < -0.39 is 0 Å². The minimum Gasteiger partial charge on any atom is -0.384 e. The highest BCUT2D eigenvalue weighted by molar-refractivity contribution is 4.85. The van der Waals surface area contributed by atoms with E-state index in [9.17, 15) is 0 Å². The van der Waals surface area contributed by atoms with Gasteiger partial charge >= 0.3 is 0 Å². The topological polar surface area (TPSA) is 24.5 Å². The second kappa shape index (κ2) is 6.17. The molecular formula is C14H28N2O. The van der Waals surface area contributed by atoms with Gasteiger partial charge in [0.2, 0.25) is 0 Å². The average molecular weight is 240 g/mol. The molecule has 2 fully saturated rings. The SMILES string of the molecule is COCC1CCN(C(C)C(C)CNC2CC2)C1. The molecule has 0 aromatic carbocycles. The number of likely N-dealkylation sites (tertiary alicyclic amines) is 1. The molecule has 0 aromatic rings. The Morgan fingerprint density at radius 3 is 2.71 bits per heavy atom. The fourth-order valence-electron chi connectivity index (χ4n) is 2.77. The van der Waals surface area contributed by atoms with E-state index in [-0.39, 0.29) is 0 Å². The van der Waals surface area contributed by atoms with Gasteiger partial charge in [-0.3, -0.25) is 4.90 Å². The Hall–Kier alpha value is -0.120. The van der Waals surface area contributed by atoms with E-state index in [0.717, 1.165) is 24.5 Å². The van der Waals surface area contributed by atoms with E-state index in [1.54, 1.807) is 0 Å². The molecule has 1 aliphatic carbocycles. The lowest BCUT2D eigenvalue weighted by molar-refractivity contribution is 0.139. The van der Waals surface area contributed by atoms with Crippen LogP contribution in [0.25, 0.3) is 0 Å². The van der Waals surface area contributed by atoms with Gasteiger partial charge in [-0.15, -0.1) is 0 Å². The van der Waals surface area contributed by atoms with E-state index >= 15 is 0 Å². The minimum absolute atomic E-state index is 0.697. The van der Waals surface area contributed by atoms with Crippen LogP contribution in [-0.4, -0.2) is 50.3 Å². The summed E-state index contributed by atoms with van der Waals surface area (Å²) in [5.41, 5.74) is 0. The Balaban J connectivity index is 1.68. The summed E-state index contributed by atoms with van der Waals surface area (Å²) in [7, 11) is 1.81. The molecule has 3 nitrogen and oxygen atoms in total. The molecule has 0 aromatic heterocycles. The van der Waals surface area contributed by atoms with Crippen molar-refractivity contribution in [3.63, 3.8) is 0 Å². The monoisotopic (exact) mass is 240 g/mol. The highest BCUT2D eigenvalue weighted by atomic mass is 16.5. The second-order valence-electron chi connectivity index (χ2n) is 6.01. The first-order chi connectivity index (χ1) is 8.20. The summed E-state index contributed by atoms with van der Waals surface area (Å²) in [6, 6.07) is 1.53. The maximum atomic E-state index is 5.26. The lowest BCUT2D eigenvalue weighted by Gasteiger charge is -2.30. The molecule has 1 aliphatic heterocycles. The zero-order chi connectivity index (χ0) is 12.3. The third kappa shape index (κ3) is 3.94. The average Bonchev–Trinajstić information content (AvgIpc) is 3.04. The van der Waals surface area contributed by atoms with Gasteiger partial charge in [-0.2, -0.15) is 0 Å². The first-order valence-electron chi connectivity index (χ1n) is 7.17. The van der Waals surface area contributed by atoms with Crippen molar-refractivity contribution in [2.24, 2.45) is 11.8 Å². The third-order valence-corrected chi connectivity index (χ3v) is 4.42. The van der Waals surface area contributed by atoms with Gasteiger partial charge in [0, 0.05) is 25.7 Å². The molecule has 100 valence electrons. The van der Waals surface area contributed by atoms with Crippen LogP contribution in [0.15, 0.2) is 0 Å². The highest BCUT2D eigenvalue weighted by Crippen LogP contribution is 2.23. The van der Waals surface area contributed by atoms with Gasteiger partial charge in [0.05, 0.1) is 6.61 Å². The smallest absolute Gasteiger partial charge is 0.0503 e. The number of rotatable bonds is 7. The van der Waals surface area contributed by atoms with Gasteiger partial charge in [0.15, 0.2) is 0 Å². The summed E-state index contributed by atoms with van der Waals surface area (Å²) in [4.78, 5) is 2.64. The molecule has 0 radical (unpaired) electrons. The molecule has 17 heavy (non-hydrogen) atoms. The van der Waals surface area contributed by atoms with Crippen LogP contribution < -0.4 is 5.32 Å². The van der Waals surface area contributed by atoms with Gasteiger partial charge < -0.3 is 10.1 Å². The maximum absolute atomic E-state index is 5.26. The second-order valence-corrected chi connectivity index (χ2v) is 6.01. The van der Waals surface area contributed by atoms with Gasteiger partial charge in [-0.25, -0.2) is 0 Å². The number of ether oxygens (including phenoxy) is 1. The number of hydrogen-bond donors (Lipinski definition) is 1. The summed E-state index contributed by atoms with van der Waals surface area (Å²) in [5.74, 6) is 1.50. The van der Waals surface area contributed by atoms with Crippen molar-refractivity contribution in [2.45, 2.75) is 45.2 Å². The van der Waals surface area contributed by atoms with Crippen molar-refractivity contribution < 1.29 is 4.74 Å². The van der Waals surface area contributed by atoms with E-state index in [1.807, 2.05) is 7.11 Å². The Morgan fingerprint density at radius 1 is 1.29 bits per heavy atom. The van der Waals surface area contributed by atoms with Crippen LogP contribution >= 0.6 is 0 Å². The van der Waals surface area contributed by atoms with E-state index in [2.05, 4.69) is 24.1 Å². The van der Waals surface area contributed by atoms with Crippen molar-refractivity contribution in [1.82, 2.24) is 10.2 Å². The van der Waals surface area contributed by atoms with Crippen LogP contribution in [-0.2, 0) is 4.74 Å². The maximum Gasteiger partial charge on any atom is 0.0503 e. The Morgan fingerprint density at radius 2 is 2.06 bits per heavy atom. The van der Waals surface area contributed by atoms with Crippen molar-refractivity contribution >= 4 is 0 Å². The molecule has 2 rings (SSSR count). The molecular weight excluding hydrogens is 212 g/mol. The summed E-state index contributed by atoms with van der Waals surface area (Å²) < 4.78 is 5.26. The summed E-state index contributed by atoms with van der Waals surface area (Å²) in [6.07, 6.45) is 4.09.